The largest absolute Gasteiger partial charge is 0.496 e. The summed E-state index contributed by atoms with van der Waals surface area (Å²) < 4.78 is 5.08. The molecule has 4 nitrogen and oxygen atoms in total. The van der Waals surface area contributed by atoms with Crippen LogP contribution in [0.25, 0.3) is 6.08 Å². The predicted molar refractivity (Wildman–Crippen MR) is 53.8 cm³/mol. The number of nitrogens with zero attached hydrogens (tertiary/aromatic N) is 1. The average Bonchev–Trinajstić information content (AvgIpc) is 2.15. The fraction of sp³-hybridized carbons (Fsp3) is 0.200. The fourth-order valence-corrected chi connectivity index (χ4v) is 1.10. The topological polar surface area (TPSA) is 52.4 Å². The number of benzene rings is 1. The summed E-state index contributed by atoms with van der Waals surface area (Å²) in [7, 11) is 1.54. The van der Waals surface area contributed by atoms with Gasteiger partial charge in [-0.2, -0.15) is 0 Å². The highest BCUT2D eigenvalue weighted by Gasteiger charge is 2.00. The van der Waals surface area contributed by atoms with Crippen molar-refractivity contribution in [3.05, 3.63) is 45.6 Å². The first-order chi connectivity index (χ1) is 6.63. The molecule has 0 heterocycles. The number of methoxy groups -OCH3 is 1. The predicted octanol–water partition coefficient (Wildman–Crippen LogP) is 2.25. The molecule has 0 radical (unpaired) electrons. The Labute approximate surface area is 82.0 Å². The van der Waals surface area contributed by atoms with E-state index in [-0.39, 0.29) is 0 Å². The van der Waals surface area contributed by atoms with Gasteiger partial charge in [-0.1, -0.05) is 12.1 Å². The number of nitro groups is 1. The summed E-state index contributed by atoms with van der Waals surface area (Å²) in [5.41, 5.74) is 1.76. The third kappa shape index (κ3) is 2.58. The molecule has 0 spiro atoms. The zero-order valence-corrected chi connectivity index (χ0v) is 8.06. The van der Waals surface area contributed by atoms with Crippen LogP contribution in [-0.4, -0.2) is 12.0 Å². The summed E-state index contributed by atoms with van der Waals surface area (Å²) >= 11 is 0. The van der Waals surface area contributed by atoms with E-state index in [1.54, 1.807) is 6.07 Å². The van der Waals surface area contributed by atoms with Gasteiger partial charge in [0.25, 0.3) is 0 Å². The van der Waals surface area contributed by atoms with Crippen LogP contribution < -0.4 is 4.74 Å². The molecule has 14 heavy (non-hydrogen) atoms. The van der Waals surface area contributed by atoms with Gasteiger partial charge < -0.3 is 4.74 Å². The first-order valence-electron chi connectivity index (χ1n) is 4.10. The monoisotopic (exact) mass is 193 g/mol. The Morgan fingerprint density at radius 1 is 1.50 bits per heavy atom. The minimum atomic E-state index is -0.501. The molecule has 0 atom stereocenters. The van der Waals surface area contributed by atoms with Gasteiger partial charge in [0, 0.05) is 11.6 Å². The van der Waals surface area contributed by atoms with Gasteiger partial charge in [-0.25, -0.2) is 0 Å². The van der Waals surface area contributed by atoms with E-state index in [2.05, 4.69) is 0 Å². The highest BCUT2D eigenvalue weighted by Crippen LogP contribution is 2.20. The van der Waals surface area contributed by atoms with Crippen LogP contribution >= 0.6 is 0 Å². The SMILES string of the molecule is COc1cc(C)ccc1/C=C/[N+](=O)[O-]. The van der Waals surface area contributed by atoms with Gasteiger partial charge in [0.2, 0.25) is 6.20 Å². The van der Waals surface area contributed by atoms with E-state index in [4.69, 9.17) is 4.74 Å². The highest BCUT2D eigenvalue weighted by atomic mass is 16.6. The Bertz CT molecular complexity index is 372. The molecule has 0 aliphatic carbocycles. The van der Waals surface area contributed by atoms with Crippen LogP contribution in [0.5, 0.6) is 5.75 Å². The Morgan fingerprint density at radius 3 is 2.79 bits per heavy atom. The Morgan fingerprint density at radius 2 is 2.21 bits per heavy atom. The molecule has 0 fully saturated rings. The molecule has 0 bridgehead atoms. The van der Waals surface area contributed by atoms with Crippen molar-refractivity contribution in [2.45, 2.75) is 6.92 Å². The van der Waals surface area contributed by atoms with Crippen molar-refractivity contribution in [2.24, 2.45) is 0 Å². The van der Waals surface area contributed by atoms with E-state index >= 15 is 0 Å². The summed E-state index contributed by atoms with van der Waals surface area (Å²) in [5, 5.41) is 10.1. The van der Waals surface area contributed by atoms with Gasteiger partial charge >= 0.3 is 0 Å². The van der Waals surface area contributed by atoms with Crippen molar-refractivity contribution in [3.8, 4) is 5.75 Å². The van der Waals surface area contributed by atoms with Crippen LogP contribution in [0.15, 0.2) is 24.4 Å². The summed E-state index contributed by atoms with van der Waals surface area (Å²) in [6.07, 6.45) is 2.31. The van der Waals surface area contributed by atoms with Crippen molar-refractivity contribution < 1.29 is 9.66 Å². The Hall–Kier alpha value is -1.84. The molecule has 74 valence electrons. The number of hydrogen-bond acceptors (Lipinski definition) is 3. The van der Waals surface area contributed by atoms with Crippen molar-refractivity contribution in [1.29, 1.82) is 0 Å². The molecular weight excluding hydrogens is 182 g/mol. The maximum atomic E-state index is 10.1. The van der Waals surface area contributed by atoms with E-state index in [0.29, 0.717) is 11.3 Å². The van der Waals surface area contributed by atoms with Crippen LogP contribution in [0.2, 0.25) is 0 Å². The van der Waals surface area contributed by atoms with Crippen LogP contribution in [0, 0.1) is 17.0 Å². The van der Waals surface area contributed by atoms with Gasteiger partial charge in [0.15, 0.2) is 0 Å². The molecule has 0 saturated carbocycles. The van der Waals surface area contributed by atoms with Gasteiger partial charge in [-0.05, 0) is 18.6 Å². The standard InChI is InChI=1S/C10H11NO3/c1-8-3-4-9(5-6-11(12)13)10(7-8)14-2/h3-7H,1-2H3/b6-5+. The van der Waals surface area contributed by atoms with Gasteiger partial charge in [0.1, 0.15) is 5.75 Å². The summed E-state index contributed by atoms with van der Waals surface area (Å²) in [4.78, 5) is 9.62. The lowest BCUT2D eigenvalue weighted by Crippen LogP contribution is -1.89. The number of ether oxygens (including phenoxy) is 1. The zero-order chi connectivity index (χ0) is 10.6. The molecule has 0 saturated heterocycles. The Kier molecular flexibility index (Phi) is 3.23. The third-order valence-corrected chi connectivity index (χ3v) is 1.76. The van der Waals surface area contributed by atoms with E-state index in [0.717, 1.165) is 11.8 Å². The minimum absolute atomic E-state index is 0.501. The van der Waals surface area contributed by atoms with Crippen molar-refractivity contribution in [3.63, 3.8) is 0 Å². The van der Waals surface area contributed by atoms with Crippen LogP contribution in [0.4, 0.5) is 0 Å². The molecule has 1 aromatic rings. The van der Waals surface area contributed by atoms with E-state index in [9.17, 15) is 10.1 Å². The molecule has 0 aromatic heterocycles. The lowest BCUT2D eigenvalue weighted by atomic mass is 10.1. The van der Waals surface area contributed by atoms with Crippen LogP contribution in [0.1, 0.15) is 11.1 Å². The average molecular weight is 193 g/mol. The van der Waals surface area contributed by atoms with Gasteiger partial charge in [-0.15, -0.1) is 0 Å². The van der Waals surface area contributed by atoms with Crippen molar-refractivity contribution in [2.75, 3.05) is 7.11 Å². The molecule has 1 rings (SSSR count). The molecule has 0 aliphatic rings. The second-order valence-electron chi connectivity index (χ2n) is 2.85. The normalized spacial score (nSPS) is 10.4. The van der Waals surface area contributed by atoms with E-state index in [1.807, 2.05) is 19.1 Å². The molecule has 0 unspecified atom stereocenters. The van der Waals surface area contributed by atoms with Gasteiger partial charge in [-0.3, -0.25) is 10.1 Å². The maximum absolute atomic E-state index is 10.1. The summed E-state index contributed by atoms with van der Waals surface area (Å²) in [5.74, 6) is 0.642. The highest BCUT2D eigenvalue weighted by molar-refractivity contribution is 5.57. The maximum Gasteiger partial charge on any atom is 0.235 e. The van der Waals surface area contributed by atoms with Crippen molar-refractivity contribution >= 4 is 6.08 Å². The molecular formula is C10H11NO3. The van der Waals surface area contributed by atoms with E-state index in [1.165, 1.54) is 13.2 Å². The molecule has 0 N–H and O–H groups in total. The minimum Gasteiger partial charge on any atom is -0.496 e. The zero-order valence-electron chi connectivity index (χ0n) is 8.06. The van der Waals surface area contributed by atoms with Crippen molar-refractivity contribution in [1.82, 2.24) is 0 Å². The lowest BCUT2D eigenvalue weighted by molar-refractivity contribution is -0.400. The molecule has 0 aliphatic heterocycles. The first-order valence-corrected chi connectivity index (χ1v) is 4.10. The summed E-state index contributed by atoms with van der Waals surface area (Å²) in [6.45, 7) is 1.93. The molecule has 0 amide bonds. The van der Waals surface area contributed by atoms with E-state index < -0.39 is 4.92 Å². The fourth-order valence-electron chi connectivity index (χ4n) is 1.10. The van der Waals surface area contributed by atoms with Gasteiger partial charge in [0.05, 0.1) is 12.0 Å². The smallest absolute Gasteiger partial charge is 0.235 e. The Balaban J connectivity index is 3.02. The second-order valence-corrected chi connectivity index (χ2v) is 2.85. The number of rotatable bonds is 3. The summed E-state index contributed by atoms with van der Waals surface area (Å²) in [6, 6.07) is 5.50. The second kappa shape index (κ2) is 4.41. The first kappa shape index (κ1) is 10.2. The van der Waals surface area contributed by atoms with Crippen LogP contribution in [0.3, 0.4) is 0 Å². The molecule has 1 aromatic carbocycles. The number of hydrogen-bond donors (Lipinski definition) is 0. The molecule has 4 heteroatoms. The quantitative estimate of drug-likeness (QED) is 0.546. The lowest BCUT2D eigenvalue weighted by Gasteiger charge is -2.04. The third-order valence-electron chi connectivity index (χ3n) is 1.76. The van der Waals surface area contributed by atoms with Crippen LogP contribution in [-0.2, 0) is 0 Å². The number of aryl methyl sites for hydroxylation is 1.